The van der Waals surface area contributed by atoms with Gasteiger partial charge >= 0.3 is 5.97 Å². The zero-order valence-corrected chi connectivity index (χ0v) is 11.4. The normalized spacial score (nSPS) is 13.5. The van der Waals surface area contributed by atoms with Crippen LogP contribution in [0.4, 0.5) is 4.39 Å². The van der Waals surface area contributed by atoms with E-state index in [1.165, 1.54) is 7.11 Å². The molecule has 19 heavy (non-hydrogen) atoms. The summed E-state index contributed by atoms with van der Waals surface area (Å²) >= 11 is 5.06. The van der Waals surface area contributed by atoms with Crippen LogP contribution >= 0.6 is 11.6 Å². The van der Waals surface area contributed by atoms with Crippen LogP contribution in [0.1, 0.15) is 23.6 Å². The average Bonchev–Trinajstić information content (AvgIpc) is 2.38. The lowest BCUT2D eigenvalue weighted by Gasteiger charge is -2.18. The van der Waals surface area contributed by atoms with E-state index in [4.69, 9.17) is 11.6 Å². The minimum Gasteiger partial charge on any atom is -0.469 e. The van der Waals surface area contributed by atoms with Crippen molar-refractivity contribution < 1.29 is 18.7 Å². The summed E-state index contributed by atoms with van der Waals surface area (Å²) in [6, 6.07) is 6.51. The van der Waals surface area contributed by atoms with Crippen molar-refractivity contribution >= 4 is 23.5 Å². The smallest absolute Gasteiger partial charge is 0.307 e. The van der Waals surface area contributed by atoms with Gasteiger partial charge in [-0.1, -0.05) is 41.4 Å². The number of carbonyl (C=O) groups is 2. The van der Waals surface area contributed by atoms with Crippen molar-refractivity contribution in [3.63, 3.8) is 0 Å². The lowest BCUT2D eigenvalue weighted by molar-refractivity contribution is -0.141. The molecule has 0 heterocycles. The molecule has 0 bridgehead atoms. The Hall–Kier alpha value is -1.62. The van der Waals surface area contributed by atoms with Gasteiger partial charge in [-0.05, 0) is 12.5 Å². The second kappa shape index (κ2) is 7.09. The van der Waals surface area contributed by atoms with Crippen LogP contribution in [0.2, 0.25) is 0 Å². The van der Waals surface area contributed by atoms with E-state index in [9.17, 15) is 14.0 Å². The second-order valence-corrected chi connectivity index (χ2v) is 4.44. The highest BCUT2D eigenvalue weighted by Gasteiger charge is 2.22. The van der Waals surface area contributed by atoms with Crippen LogP contribution in [0.25, 0.3) is 0 Å². The lowest BCUT2D eigenvalue weighted by atomic mass is 10.0. The first-order chi connectivity index (χ1) is 8.93. The largest absolute Gasteiger partial charge is 0.469 e. The molecule has 104 valence electrons. The molecule has 4 nitrogen and oxygen atoms in total. The fraction of sp³-hybridized carbons (Fsp3) is 0.385. The maximum atomic E-state index is 12.7. The Morgan fingerprint density at radius 1 is 1.37 bits per heavy atom. The standard InChI is InChI=1S/C13H15ClFNO3/c1-8-3-5-9(6-4-8)10(7-11(17)19-2)16-13(18)12(14)15/h3-6,10,12H,7H2,1-2H3,(H,16,18). The SMILES string of the molecule is COC(=O)CC(NC(=O)C(F)Cl)c1ccc(C)cc1. The molecule has 1 aromatic rings. The average molecular weight is 288 g/mol. The van der Waals surface area contributed by atoms with E-state index in [0.717, 1.165) is 5.56 Å². The van der Waals surface area contributed by atoms with Gasteiger partial charge in [-0.2, -0.15) is 0 Å². The number of amides is 1. The molecule has 2 unspecified atom stereocenters. The molecule has 0 saturated carbocycles. The molecule has 0 aliphatic carbocycles. The molecular formula is C13H15ClFNO3. The van der Waals surface area contributed by atoms with Crippen LogP contribution in [-0.4, -0.2) is 24.6 Å². The number of halogens is 2. The van der Waals surface area contributed by atoms with Crippen LogP contribution in [-0.2, 0) is 14.3 Å². The lowest BCUT2D eigenvalue weighted by Crippen LogP contribution is -2.34. The number of benzene rings is 1. The Kier molecular flexibility index (Phi) is 5.76. The van der Waals surface area contributed by atoms with Crippen molar-refractivity contribution in [3.05, 3.63) is 35.4 Å². The van der Waals surface area contributed by atoms with Gasteiger partial charge in [-0.25, -0.2) is 4.39 Å². The highest BCUT2D eigenvalue weighted by Crippen LogP contribution is 2.19. The molecule has 0 aliphatic heterocycles. The van der Waals surface area contributed by atoms with Crippen molar-refractivity contribution in [1.29, 1.82) is 0 Å². The number of hydrogen-bond donors (Lipinski definition) is 1. The zero-order valence-electron chi connectivity index (χ0n) is 10.7. The molecule has 1 rings (SSSR count). The molecule has 0 aliphatic rings. The highest BCUT2D eigenvalue weighted by atomic mass is 35.5. The van der Waals surface area contributed by atoms with Gasteiger partial charge in [0.1, 0.15) is 0 Å². The van der Waals surface area contributed by atoms with E-state index in [1.54, 1.807) is 12.1 Å². The Labute approximate surface area is 115 Å². The number of nitrogens with one attached hydrogen (secondary N) is 1. The van der Waals surface area contributed by atoms with Gasteiger partial charge in [0, 0.05) is 0 Å². The molecular weight excluding hydrogens is 273 g/mol. The Morgan fingerprint density at radius 3 is 2.42 bits per heavy atom. The number of ether oxygens (including phenoxy) is 1. The van der Waals surface area contributed by atoms with Crippen LogP contribution < -0.4 is 5.32 Å². The first-order valence-electron chi connectivity index (χ1n) is 5.66. The number of rotatable bonds is 5. The summed E-state index contributed by atoms with van der Waals surface area (Å²) in [4.78, 5) is 22.6. The third-order valence-electron chi connectivity index (χ3n) is 2.59. The molecule has 0 spiro atoms. The van der Waals surface area contributed by atoms with Gasteiger partial charge in [0.25, 0.3) is 11.5 Å². The number of hydrogen-bond acceptors (Lipinski definition) is 3. The van der Waals surface area contributed by atoms with Crippen molar-refractivity contribution in [2.24, 2.45) is 0 Å². The Bertz CT molecular complexity index is 448. The van der Waals surface area contributed by atoms with E-state index in [2.05, 4.69) is 10.1 Å². The third-order valence-corrected chi connectivity index (χ3v) is 2.79. The van der Waals surface area contributed by atoms with Gasteiger partial charge in [-0.15, -0.1) is 0 Å². The van der Waals surface area contributed by atoms with Crippen molar-refractivity contribution in [2.75, 3.05) is 7.11 Å². The van der Waals surface area contributed by atoms with Crippen molar-refractivity contribution in [1.82, 2.24) is 5.32 Å². The first kappa shape index (κ1) is 15.4. The fourth-order valence-corrected chi connectivity index (χ4v) is 1.60. The summed E-state index contributed by atoms with van der Waals surface area (Å²) in [6.07, 6.45) is -0.0884. The van der Waals surface area contributed by atoms with Gasteiger partial charge in [0.15, 0.2) is 0 Å². The Balaban J connectivity index is 2.88. The van der Waals surface area contributed by atoms with Crippen LogP contribution in [0.3, 0.4) is 0 Å². The number of aryl methyl sites for hydroxylation is 1. The van der Waals surface area contributed by atoms with Crippen molar-refractivity contribution in [2.45, 2.75) is 25.0 Å². The summed E-state index contributed by atoms with van der Waals surface area (Å²) in [7, 11) is 1.25. The van der Waals surface area contributed by atoms with E-state index >= 15 is 0 Å². The Morgan fingerprint density at radius 2 is 1.95 bits per heavy atom. The van der Waals surface area contributed by atoms with Gasteiger partial charge in [0.05, 0.1) is 19.6 Å². The minimum atomic E-state index is -2.15. The molecule has 0 radical (unpaired) electrons. The molecule has 0 saturated heterocycles. The first-order valence-corrected chi connectivity index (χ1v) is 6.09. The van der Waals surface area contributed by atoms with Crippen LogP contribution in [0, 0.1) is 6.92 Å². The van der Waals surface area contributed by atoms with E-state index in [1.807, 2.05) is 19.1 Å². The predicted molar refractivity (Wildman–Crippen MR) is 69.4 cm³/mol. The number of methoxy groups -OCH3 is 1. The quantitative estimate of drug-likeness (QED) is 0.667. The predicted octanol–water partition coefficient (Wildman–Crippen LogP) is 2.25. The molecule has 1 N–H and O–H groups in total. The fourth-order valence-electron chi connectivity index (χ4n) is 1.54. The summed E-state index contributed by atoms with van der Waals surface area (Å²) in [5, 5.41) is 2.37. The molecule has 6 heteroatoms. The minimum absolute atomic E-state index is 0.0884. The molecule has 1 aromatic carbocycles. The van der Waals surface area contributed by atoms with Gasteiger partial charge < -0.3 is 10.1 Å². The van der Waals surface area contributed by atoms with Gasteiger partial charge in [0.2, 0.25) is 0 Å². The topological polar surface area (TPSA) is 55.4 Å². The summed E-state index contributed by atoms with van der Waals surface area (Å²) in [5.74, 6) is -1.48. The van der Waals surface area contributed by atoms with Crippen LogP contribution in [0.15, 0.2) is 24.3 Å². The second-order valence-electron chi connectivity index (χ2n) is 4.05. The van der Waals surface area contributed by atoms with Crippen molar-refractivity contribution in [3.8, 4) is 0 Å². The molecule has 0 aromatic heterocycles. The maximum Gasteiger partial charge on any atom is 0.307 e. The summed E-state index contributed by atoms with van der Waals surface area (Å²) in [6.45, 7) is 1.91. The number of carbonyl (C=O) groups excluding carboxylic acids is 2. The maximum absolute atomic E-state index is 12.7. The van der Waals surface area contributed by atoms with E-state index in [-0.39, 0.29) is 6.42 Å². The monoisotopic (exact) mass is 287 g/mol. The highest BCUT2D eigenvalue weighted by molar-refractivity contribution is 6.29. The number of esters is 1. The molecule has 0 fully saturated rings. The molecule has 2 atom stereocenters. The van der Waals surface area contributed by atoms with E-state index < -0.39 is 23.5 Å². The zero-order chi connectivity index (χ0) is 14.4. The summed E-state index contributed by atoms with van der Waals surface area (Å²) < 4.78 is 17.2. The molecule has 1 amide bonds. The van der Waals surface area contributed by atoms with Gasteiger partial charge in [-0.3, -0.25) is 9.59 Å². The summed E-state index contributed by atoms with van der Waals surface area (Å²) in [5.41, 5.74) is -0.431. The van der Waals surface area contributed by atoms with E-state index in [0.29, 0.717) is 5.56 Å². The number of alkyl halides is 2. The third kappa shape index (κ3) is 4.87. The van der Waals surface area contributed by atoms with Crippen LogP contribution in [0.5, 0.6) is 0 Å².